The first kappa shape index (κ1) is 50.0. The van der Waals surface area contributed by atoms with Gasteiger partial charge in [0.1, 0.15) is 5.52 Å². The van der Waals surface area contributed by atoms with Crippen molar-refractivity contribution in [3.8, 4) is 11.5 Å². The maximum atomic E-state index is 6.93. The molecular weight excluding hydrogens is 934 g/mol. The van der Waals surface area contributed by atoms with Crippen LogP contribution in [0.4, 0.5) is 34.1 Å². The SMILES string of the molecule is CC(C)(C)c1ccc(-c2nc3cc4c(cc3o2)B2c3cc(C(C)(C)C)ccc3N(c3ccc(C(C)(C)C)cc3)c3cc(C(c5ccccc5)(c5ccccc5)c5ccccc5)cc(c32)N4c2ccc(C(C)(C)C)cc2)cc1. The molecule has 77 heavy (non-hydrogen) atoms. The Hall–Kier alpha value is -7.89. The average molecular weight is 1000 g/mol. The highest BCUT2D eigenvalue weighted by molar-refractivity contribution is 7.00. The van der Waals surface area contributed by atoms with E-state index in [0.717, 1.165) is 50.8 Å². The highest BCUT2D eigenvalue weighted by atomic mass is 16.3. The molecule has 9 aromatic carbocycles. The van der Waals surface area contributed by atoms with E-state index in [1.165, 1.54) is 60.9 Å². The molecule has 0 radical (unpaired) electrons. The second-order valence-corrected chi connectivity index (χ2v) is 25.7. The van der Waals surface area contributed by atoms with Crippen LogP contribution in [0.15, 0.2) is 211 Å². The van der Waals surface area contributed by atoms with Crippen molar-refractivity contribution in [2.75, 3.05) is 9.80 Å². The second kappa shape index (κ2) is 18.1. The van der Waals surface area contributed by atoms with Crippen LogP contribution in [0.3, 0.4) is 0 Å². The van der Waals surface area contributed by atoms with Gasteiger partial charge in [-0.2, -0.15) is 0 Å². The first-order valence-corrected chi connectivity index (χ1v) is 27.6. The third kappa shape index (κ3) is 8.50. The van der Waals surface area contributed by atoms with Crippen molar-refractivity contribution in [1.29, 1.82) is 0 Å². The molecule has 5 heteroatoms. The lowest BCUT2D eigenvalue weighted by molar-refractivity contribution is 0.589. The van der Waals surface area contributed by atoms with Gasteiger partial charge in [-0.05, 0) is 149 Å². The lowest BCUT2D eigenvalue weighted by Crippen LogP contribution is -2.61. The van der Waals surface area contributed by atoms with Gasteiger partial charge in [-0.3, -0.25) is 0 Å². The molecule has 1 aromatic heterocycles. The zero-order chi connectivity index (χ0) is 53.8. The molecule has 0 bridgehead atoms. The summed E-state index contributed by atoms with van der Waals surface area (Å²) in [6.07, 6.45) is 0. The zero-order valence-electron chi connectivity index (χ0n) is 47.0. The Balaban J connectivity index is 1.23. The van der Waals surface area contributed by atoms with Crippen LogP contribution in [0.1, 0.15) is 128 Å². The molecule has 0 spiro atoms. The number of rotatable bonds is 7. The lowest BCUT2D eigenvalue weighted by Gasteiger charge is -2.46. The predicted octanol–water partition coefficient (Wildman–Crippen LogP) is 17.2. The van der Waals surface area contributed by atoms with E-state index in [1.807, 2.05) is 0 Å². The molecule has 0 amide bonds. The number of anilines is 6. The Bertz CT molecular complexity index is 3720. The minimum Gasteiger partial charge on any atom is -0.436 e. The Kier molecular flexibility index (Phi) is 11.8. The van der Waals surface area contributed by atoms with E-state index in [4.69, 9.17) is 9.40 Å². The number of fused-ring (bicyclic) bond motifs is 5. The first-order valence-electron chi connectivity index (χ1n) is 27.6. The highest BCUT2D eigenvalue weighted by Gasteiger charge is 2.47. The van der Waals surface area contributed by atoms with Crippen LogP contribution in [0, 0.1) is 0 Å². The summed E-state index contributed by atoms with van der Waals surface area (Å²) >= 11 is 0. The van der Waals surface area contributed by atoms with E-state index in [2.05, 4.69) is 299 Å². The van der Waals surface area contributed by atoms with E-state index in [9.17, 15) is 0 Å². The number of benzene rings is 9. The molecule has 0 saturated carbocycles. The molecule has 0 saturated heterocycles. The Labute approximate surface area is 457 Å². The molecule has 10 aromatic rings. The molecule has 2 aliphatic rings. The van der Waals surface area contributed by atoms with E-state index in [1.54, 1.807) is 0 Å². The number of nitrogens with zero attached hydrogens (tertiary/aromatic N) is 3. The van der Waals surface area contributed by atoms with Gasteiger partial charge in [0.05, 0.1) is 5.41 Å². The summed E-state index contributed by atoms with van der Waals surface area (Å²) in [6.45, 7) is 27.3. The fourth-order valence-corrected chi connectivity index (χ4v) is 12.2. The fraction of sp³-hybridized carbons (Fsp3) is 0.236. The number of aromatic nitrogens is 1. The molecule has 382 valence electrons. The highest BCUT2D eigenvalue weighted by Crippen LogP contribution is 2.52. The van der Waals surface area contributed by atoms with Crippen molar-refractivity contribution >= 4 is 68.3 Å². The standard InChI is InChI=1S/C72H70BN3O/c1-68(2,3)48-30-28-47(29-31-48)67-74-60-46-62-59(45-65(60)77-67)73-58-42-54(71(10,11)12)36-41-61(58)75(56-37-32-49(33-38-56)69(4,5)6)63-43-55(44-64(66(63)73)76(62)57-39-34-50(35-40-57)70(7,8)9)72(51-22-16-13-17-23-51,52-24-18-14-19-25-52)53-26-20-15-21-27-53/h13-46H,1-12H3. The topological polar surface area (TPSA) is 32.5 Å². The van der Waals surface area contributed by atoms with E-state index in [0.29, 0.717) is 5.89 Å². The minimum atomic E-state index is -0.738. The van der Waals surface area contributed by atoms with Crippen molar-refractivity contribution in [1.82, 2.24) is 4.98 Å². The molecule has 0 fully saturated rings. The quantitative estimate of drug-likeness (QED) is 0.118. The summed E-state index contributed by atoms with van der Waals surface area (Å²) in [4.78, 5) is 10.4. The number of oxazole rings is 1. The van der Waals surface area contributed by atoms with Gasteiger partial charge in [-0.25, -0.2) is 4.98 Å². The molecule has 3 heterocycles. The molecule has 0 unspecified atom stereocenters. The number of hydrogen-bond donors (Lipinski definition) is 0. The van der Waals surface area contributed by atoms with Crippen LogP contribution in [0.5, 0.6) is 0 Å². The zero-order valence-corrected chi connectivity index (χ0v) is 47.0. The fourth-order valence-electron chi connectivity index (χ4n) is 12.2. The number of hydrogen-bond acceptors (Lipinski definition) is 4. The second-order valence-electron chi connectivity index (χ2n) is 25.7. The van der Waals surface area contributed by atoms with Crippen LogP contribution < -0.4 is 26.2 Å². The lowest BCUT2D eigenvalue weighted by atomic mass is 9.33. The van der Waals surface area contributed by atoms with E-state index in [-0.39, 0.29) is 28.4 Å². The van der Waals surface area contributed by atoms with Gasteiger partial charge in [0.2, 0.25) is 5.89 Å². The maximum Gasteiger partial charge on any atom is 0.252 e. The third-order valence-electron chi connectivity index (χ3n) is 16.5. The normalized spacial score (nSPS) is 13.6. The van der Waals surface area contributed by atoms with Crippen LogP contribution in [-0.4, -0.2) is 11.7 Å². The monoisotopic (exact) mass is 1000 g/mol. The van der Waals surface area contributed by atoms with Gasteiger partial charge in [-0.15, -0.1) is 0 Å². The summed E-state index contributed by atoms with van der Waals surface area (Å²) in [5.74, 6) is 0.617. The van der Waals surface area contributed by atoms with E-state index >= 15 is 0 Å². The van der Waals surface area contributed by atoms with Crippen LogP contribution >= 0.6 is 0 Å². The molecule has 12 rings (SSSR count). The van der Waals surface area contributed by atoms with Gasteiger partial charge in [0.15, 0.2) is 5.58 Å². The van der Waals surface area contributed by atoms with Crippen LogP contribution in [-0.2, 0) is 27.1 Å². The third-order valence-corrected chi connectivity index (χ3v) is 16.5. The van der Waals surface area contributed by atoms with Crippen molar-refractivity contribution in [2.45, 2.75) is 110 Å². The van der Waals surface area contributed by atoms with Crippen molar-refractivity contribution < 1.29 is 4.42 Å². The molecule has 0 atom stereocenters. The summed E-state index contributed by atoms with van der Waals surface area (Å²) < 4.78 is 6.93. The predicted molar refractivity (Wildman–Crippen MR) is 327 cm³/mol. The van der Waals surface area contributed by atoms with E-state index < -0.39 is 5.41 Å². The van der Waals surface area contributed by atoms with Gasteiger partial charge in [0, 0.05) is 39.7 Å². The summed E-state index contributed by atoms with van der Waals surface area (Å²) in [5, 5.41) is 0. The first-order chi connectivity index (χ1) is 36.7. The Morgan fingerprint density at radius 3 is 1.19 bits per heavy atom. The average Bonchev–Trinajstić information content (AvgIpc) is 3.95. The Morgan fingerprint density at radius 1 is 0.351 bits per heavy atom. The Morgan fingerprint density at radius 2 is 0.753 bits per heavy atom. The smallest absolute Gasteiger partial charge is 0.252 e. The molecule has 2 aliphatic heterocycles. The molecular formula is C72H70BN3O. The largest absolute Gasteiger partial charge is 0.436 e. The van der Waals surface area contributed by atoms with Gasteiger partial charge < -0.3 is 14.2 Å². The van der Waals surface area contributed by atoms with Crippen LogP contribution in [0.25, 0.3) is 22.6 Å². The van der Waals surface area contributed by atoms with Gasteiger partial charge in [0.25, 0.3) is 6.71 Å². The molecule has 0 N–H and O–H groups in total. The summed E-state index contributed by atoms with van der Waals surface area (Å²) in [5.41, 5.74) is 22.0. The van der Waals surface area contributed by atoms with Gasteiger partial charge >= 0.3 is 0 Å². The maximum absolute atomic E-state index is 6.93. The van der Waals surface area contributed by atoms with Crippen LogP contribution in [0.2, 0.25) is 0 Å². The van der Waals surface area contributed by atoms with Crippen molar-refractivity contribution in [3.05, 3.63) is 251 Å². The molecule has 4 nitrogen and oxygen atoms in total. The molecule has 0 aliphatic carbocycles. The summed E-state index contributed by atoms with van der Waals surface area (Å²) in [7, 11) is 0. The van der Waals surface area contributed by atoms with Crippen molar-refractivity contribution in [3.63, 3.8) is 0 Å². The van der Waals surface area contributed by atoms with Gasteiger partial charge in [-0.1, -0.05) is 223 Å². The van der Waals surface area contributed by atoms with Crippen molar-refractivity contribution in [2.24, 2.45) is 0 Å². The summed E-state index contributed by atoms with van der Waals surface area (Å²) in [6, 6.07) is 77.7. The minimum absolute atomic E-state index is 0.0146.